The SMILES string of the molecule is O=C(OCC[C@H]1CCCO1)C1SCCS1. The number of carbonyl (C=O) groups is 1. The monoisotopic (exact) mass is 248 g/mol. The van der Waals surface area contributed by atoms with Gasteiger partial charge in [0.2, 0.25) is 0 Å². The van der Waals surface area contributed by atoms with Crippen molar-refractivity contribution >= 4 is 29.5 Å². The fourth-order valence-electron chi connectivity index (χ4n) is 1.73. The predicted molar refractivity (Wildman–Crippen MR) is 63.3 cm³/mol. The van der Waals surface area contributed by atoms with Gasteiger partial charge in [0.15, 0.2) is 0 Å². The zero-order chi connectivity index (χ0) is 10.5. The highest BCUT2D eigenvalue weighted by atomic mass is 32.2. The summed E-state index contributed by atoms with van der Waals surface area (Å²) in [5, 5.41) is 0. The molecule has 2 aliphatic heterocycles. The molecule has 1 atom stereocenters. The summed E-state index contributed by atoms with van der Waals surface area (Å²) in [5.41, 5.74) is 0. The summed E-state index contributed by atoms with van der Waals surface area (Å²) in [6.07, 6.45) is 3.44. The normalized spacial score (nSPS) is 27.1. The molecule has 0 aromatic rings. The van der Waals surface area contributed by atoms with Crippen LogP contribution < -0.4 is 0 Å². The Bertz CT molecular complexity index is 211. The Hall–Kier alpha value is 0.130. The minimum absolute atomic E-state index is 0.0227. The van der Waals surface area contributed by atoms with Gasteiger partial charge in [-0.3, -0.25) is 0 Å². The summed E-state index contributed by atoms with van der Waals surface area (Å²) in [5.74, 6) is 2.08. The van der Waals surface area contributed by atoms with Gasteiger partial charge in [0.25, 0.3) is 0 Å². The van der Waals surface area contributed by atoms with Gasteiger partial charge >= 0.3 is 5.97 Å². The van der Waals surface area contributed by atoms with Crippen LogP contribution in [0.15, 0.2) is 0 Å². The largest absolute Gasteiger partial charge is 0.464 e. The van der Waals surface area contributed by atoms with Gasteiger partial charge in [-0.25, -0.2) is 4.79 Å². The summed E-state index contributed by atoms with van der Waals surface area (Å²) in [7, 11) is 0. The standard InChI is InChI=1S/C10H16O3S2/c11-9(10-14-6-7-15-10)13-5-3-8-2-1-4-12-8/h8,10H,1-7H2/t8-/m1/s1. The molecule has 0 aromatic heterocycles. The molecule has 0 aliphatic carbocycles. The van der Waals surface area contributed by atoms with Crippen LogP contribution in [0.1, 0.15) is 19.3 Å². The van der Waals surface area contributed by atoms with Crippen molar-refractivity contribution in [1.29, 1.82) is 0 Å². The summed E-state index contributed by atoms with van der Waals surface area (Å²) in [6, 6.07) is 0. The first-order valence-electron chi connectivity index (χ1n) is 5.38. The maximum Gasteiger partial charge on any atom is 0.329 e. The Morgan fingerprint density at radius 2 is 2.20 bits per heavy atom. The third-order valence-corrected chi connectivity index (χ3v) is 5.47. The molecule has 0 amide bonds. The minimum atomic E-state index is -0.0551. The summed E-state index contributed by atoms with van der Waals surface area (Å²) < 4.78 is 10.7. The molecule has 3 nitrogen and oxygen atoms in total. The average molecular weight is 248 g/mol. The lowest BCUT2D eigenvalue weighted by Crippen LogP contribution is -2.18. The van der Waals surface area contributed by atoms with Crippen LogP contribution in [0.5, 0.6) is 0 Å². The van der Waals surface area contributed by atoms with E-state index in [1.165, 1.54) is 0 Å². The molecule has 0 radical (unpaired) electrons. The third kappa shape index (κ3) is 3.57. The van der Waals surface area contributed by atoms with E-state index in [0.717, 1.165) is 37.4 Å². The first kappa shape index (κ1) is 11.6. The quantitative estimate of drug-likeness (QED) is 0.710. The molecule has 15 heavy (non-hydrogen) atoms. The zero-order valence-electron chi connectivity index (χ0n) is 8.65. The van der Waals surface area contributed by atoms with Crippen LogP contribution in [-0.2, 0) is 14.3 Å². The fourth-order valence-corrected chi connectivity index (χ4v) is 4.29. The Morgan fingerprint density at radius 1 is 1.40 bits per heavy atom. The zero-order valence-corrected chi connectivity index (χ0v) is 10.3. The van der Waals surface area contributed by atoms with Crippen molar-refractivity contribution < 1.29 is 14.3 Å². The van der Waals surface area contributed by atoms with E-state index in [9.17, 15) is 4.79 Å². The summed E-state index contributed by atoms with van der Waals surface area (Å²) in [4.78, 5) is 11.5. The van der Waals surface area contributed by atoms with Crippen molar-refractivity contribution in [2.75, 3.05) is 24.7 Å². The van der Waals surface area contributed by atoms with Gasteiger partial charge in [-0.05, 0) is 12.8 Å². The lowest BCUT2D eigenvalue weighted by atomic mass is 10.2. The van der Waals surface area contributed by atoms with Gasteiger partial charge in [0, 0.05) is 24.5 Å². The first-order chi connectivity index (χ1) is 7.36. The highest BCUT2D eigenvalue weighted by molar-refractivity contribution is 8.21. The van der Waals surface area contributed by atoms with Gasteiger partial charge < -0.3 is 9.47 Å². The van der Waals surface area contributed by atoms with Gasteiger partial charge in [0.1, 0.15) is 4.58 Å². The van der Waals surface area contributed by atoms with Crippen molar-refractivity contribution in [3.05, 3.63) is 0 Å². The molecule has 2 rings (SSSR count). The van der Waals surface area contributed by atoms with E-state index >= 15 is 0 Å². The molecular weight excluding hydrogens is 232 g/mol. The van der Waals surface area contributed by atoms with Gasteiger partial charge in [0.05, 0.1) is 12.7 Å². The Balaban J connectivity index is 1.58. The van der Waals surface area contributed by atoms with Gasteiger partial charge in [-0.2, -0.15) is 0 Å². The van der Waals surface area contributed by atoms with E-state index in [-0.39, 0.29) is 10.6 Å². The molecule has 2 saturated heterocycles. The number of ether oxygens (including phenoxy) is 2. The van der Waals surface area contributed by atoms with Crippen LogP contribution in [-0.4, -0.2) is 41.4 Å². The van der Waals surface area contributed by atoms with Gasteiger partial charge in [-0.15, -0.1) is 23.5 Å². The van der Waals surface area contributed by atoms with Crippen LogP contribution in [0.25, 0.3) is 0 Å². The van der Waals surface area contributed by atoms with Crippen LogP contribution >= 0.6 is 23.5 Å². The topological polar surface area (TPSA) is 35.5 Å². The number of rotatable bonds is 4. The summed E-state index contributed by atoms with van der Waals surface area (Å²) in [6.45, 7) is 1.38. The van der Waals surface area contributed by atoms with Crippen molar-refractivity contribution in [1.82, 2.24) is 0 Å². The molecule has 0 saturated carbocycles. The average Bonchev–Trinajstić information content (AvgIpc) is 2.90. The van der Waals surface area contributed by atoms with E-state index in [4.69, 9.17) is 9.47 Å². The molecule has 5 heteroatoms. The Morgan fingerprint density at radius 3 is 2.87 bits per heavy atom. The smallest absolute Gasteiger partial charge is 0.329 e. The highest BCUT2D eigenvalue weighted by Crippen LogP contribution is 2.32. The highest BCUT2D eigenvalue weighted by Gasteiger charge is 2.25. The number of hydrogen-bond acceptors (Lipinski definition) is 5. The molecule has 2 heterocycles. The third-order valence-electron chi connectivity index (χ3n) is 2.52. The van der Waals surface area contributed by atoms with Crippen molar-refractivity contribution in [2.24, 2.45) is 0 Å². The number of carbonyl (C=O) groups excluding carboxylic acids is 1. The Kier molecular flexibility index (Phi) is 4.65. The van der Waals surface area contributed by atoms with E-state index in [2.05, 4.69) is 0 Å². The van der Waals surface area contributed by atoms with Crippen LogP contribution in [0.2, 0.25) is 0 Å². The van der Waals surface area contributed by atoms with Crippen LogP contribution in [0, 0.1) is 0 Å². The fraction of sp³-hybridized carbons (Fsp3) is 0.900. The number of hydrogen-bond donors (Lipinski definition) is 0. The maximum atomic E-state index is 11.5. The molecule has 0 bridgehead atoms. The molecule has 0 N–H and O–H groups in total. The molecule has 0 aromatic carbocycles. The summed E-state index contributed by atoms with van der Waals surface area (Å²) >= 11 is 3.38. The van der Waals surface area contributed by atoms with Crippen molar-refractivity contribution in [2.45, 2.75) is 29.9 Å². The number of esters is 1. The second-order valence-electron chi connectivity index (χ2n) is 3.66. The molecule has 2 fully saturated rings. The maximum absolute atomic E-state index is 11.5. The molecule has 86 valence electrons. The first-order valence-corrected chi connectivity index (χ1v) is 7.47. The molecule has 2 aliphatic rings. The Labute approximate surface area is 98.6 Å². The predicted octanol–water partition coefficient (Wildman–Crippen LogP) is 1.90. The minimum Gasteiger partial charge on any atom is -0.464 e. The van der Waals surface area contributed by atoms with E-state index in [1.54, 1.807) is 23.5 Å². The molecule has 0 unspecified atom stereocenters. The van der Waals surface area contributed by atoms with E-state index < -0.39 is 0 Å². The van der Waals surface area contributed by atoms with Crippen molar-refractivity contribution in [3.63, 3.8) is 0 Å². The van der Waals surface area contributed by atoms with E-state index in [0.29, 0.717) is 12.7 Å². The van der Waals surface area contributed by atoms with Crippen LogP contribution in [0.3, 0.4) is 0 Å². The van der Waals surface area contributed by atoms with Crippen molar-refractivity contribution in [3.8, 4) is 0 Å². The van der Waals surface area contributed by atoms with E-state index in [1.807, 2.05) is 0 Å². The lowest BCUT2D eigenvalue weighted by Gasteiger charge is -2.11. The second-order valence-corrected chi connectivity index (χ2v) is 6.39. The second kappa shape index (κ2) is 6.01. The lowest BCUT2D eigenvalue weighted by molar-refractivity contribution is -0.141. The van der Waals surface area contributed by atoms with Gasteiger partial charge in [-0.1, -0.05) is 0 Å². The molecular formula is C10H16O3S2. The number of thioether (sulfide) groups is 2. The molecule has 0 spiro atoms. The van der Waals surface area contributed by atoms with Crippen LogP contribution in [0.4, 0.5) is 0 Å².